The molecular weight excluding hydrogens is 170 g/mol. The number of rotatable bonds is 2. The topological polar surface area (TPSA) is 3.24 Å². The van der Waals surface area contributed by atoms with Crippen LogP contribution in [-0.2, 0) is 0 Å². The lowest BCUT2D eigenvalue weighted by atomic mass is 10.2. The minimum Gasteiger partial charge on any atom is -0.303 e. The van der Waals surface area contributed by atoms with Crippen molar-refractivity contribution in [3.05, 3.63) is 0 Å². The normalized spacial score (nSPS) is 16.9. The van der Waals surface area contributed by atoms with Gasteiger partial charge < -0.3 is 4.90 Å². The summed E-state index contributed by atoms with van der Waals surface area (Å²) in [5.74, 6) is 0. The van der Waals surface area contributed by atoms with E-state index in [-0.39, 0.29) is 0 Å². The molecule has 0 spiro atoms. The highest BCUT2D eigenvalue weighted by atomic mass is 15.1. The standard InChI is InChI=1S/C9H19N.2C2H6/c1-2-7-10-8-5-3-4-6-9-10;2*1-2/h2-9H2,1H3;2*1-2H3. The molecule has 1 nitrogen and oxygen atoms in total. The molecule has 0 amide bonds. The summed E-state index contributed by atoms with van der Waals surface area (Å²) in [6.45, 7) is 14.3. The first-order valence-electron chi connectivity index (χ1n) is 6.66. The third kappa shape index (κ3) is 10.0. The van der Waals surface area contributed by atoms with Crippen molar-refractivity contribution in [2.45, 2.75) is 66.7 Å². The zero-order valence-electron chi connectivity index (χ0n) is 11.1. The molecule has 14 heavy (non-hydrogen) atoms. The van der Waals surface area contributed by atoms with Crippen molar-refractivity contribution in [1.29, 1.82) is 0 Å². The molecule has 1 aliphatic heterocycles. The molecule has 1 rings (SSSR count). The lowest BCUT2D eigenvalue weighted by Gasteiger charge is -2.17. The molecule has 1 aliphatic rings. The van der Waals surface area contributed by atoms with Crippen LogP contribution in [0.3, 0.4) is 0 Å². The largest absolute Gasteiger partial charge is 0.303 e. The van der Waals surface area contributed by atoms with Crippen LogP contribution in [0.15, 0.2) is 0 Å². The second kappa shape index (κ2) is 15.4. The molecule has 1 heterocycles. The van der Waals surface area contributed by atoms with Gasteiger partial charge in [-0.25, -0.2) is 0 Å². The van der Waals surface area contributed by atoms with E-state index in [0.717, 1.165) is 0 Å². The fourth-order valence-corrected chi connectivity index (χ4v) is 1.68. The highest BCUT2D eigenvalue weighted by Crippen LogP contribution is 2.09. The van der Waals surface area contributed by atoms with Crippen molar-refractivity contribution < 1.29 is 0 Å². The van der Waals surface area contributed by atoms with E-state index in [1.54, 1.807) is 0 Å². The minimum atomic E-state index is 1.32. The van der Waals surface area contributed by atoms with Gasteiger partial charge in [0.1, 0.15) is 0 Å². The summed E-state index contributed by atoms with van der Waals surface area (Å²) in [5.41, 5.74) is 0. The van der Waals surface area contributed by atoms with Crippen LogP contribution in [0.1, 0.15) is 66.7 Å². The van der Waals surface area contributed by atoms with Crippen molar-refractivity contribution in [3.8, 4) is 0 Å². The van der Waals surface area contributed by atoms with E-state index in [1.165, 1.54) is 51.7 Å². The monoisotopic (exact) mass is 201 g/mol. The zero-order chi connectivity index (χ0) is 11.2. The maximum absolute atomic E-state index is 2.60. The molecule has 1 fully saturated rings. The highest BCUT2D eigenvalue weighted by molar-refractivity contribution is 4.61. The summed E-state index contributed by atoms with van der Waals surface area (Å²) < 4.78 is 0. The van der Waals surface area contributed by atoms with Crippen LogP contribution in [-0.4, -0.2) is 24.5 Å². The van der Waals surface area contributed by atoms with E-state index in [0.29, 0.717) is 0 Å². The van der Waals surface area contributed by atoms with E-state index >= 15 is 0 Å². The Hall–Kier alpha value is -0.0400. The Labute approximate surface area is 91.9 Å². The van der Waals surface area contributed by atoms with Crippen LogP contribution in [0.5, 0.6) is 0 Å². The summed E-state index contributed by atoms with van der Waals surface area (Å²) in [4.78, 5) is 2.60. The molecule has 0 unspecified atom stereocenters. The molecule has 0 aliphatic carbocycles. The van der Waals surface area contributed by atoms with Crippen LogP contribution in [0, 0.1) is 0 Å². The van der Waals surface area contributed by atoms with Gasteiger partial charge in [-0.15, -0.1) is 0 Å². The van der Waals surface area contributed by atoms with E-state index in [9.17, 15) is 0 Å². The molecule has 0 bridgehead atoms. The van der Waals surface area contributed by atoms with Crippen molar-refractivity contribution in [1.82, 2.24) is 4.90 Å². The van der Waals surface area contributed by atoms with Crippen LogP contribution in [0.25, 0.3) is 0 Å². The van der Waals surface area contributed by atoms with Gasteiger partial charge in [0.05, 0.1) is 0 Å². The Morgan fingerprint density at radius 2 is 1.21 bits per heavy atom. The van der Waals surface area contributed by atoms with Gasteiger partial charge in [-0.3, -0.25) is 0 Å². The summed E-state index contributed by atoms with van der Waals surface area (Å²) in [6.07, 6.45) is 7.10. The average molecular weight is 201 g/mol. The van der Waals surface area contributed by atoms with E-state index < -0.39 is 0 Å². The maximum Gasteiger partial charge on any atom is -0.00187 e. The van der Waals surface area contributed by atoms with Crippen LogP contribution < -0.4 is 0 Å². The minimum absolute atomic E-state index is 1.32. The number of hydrogen-bond acceptors (Lipinski definition) is 1. The van der Waals surface area contributed by atoms with Gasteiger partial charge >= 0.3 is 0 Å². The van der Waals surface area contributed by atoms with Crippen molar-refractivity contribution in [2.75, 3.05) is 19.6 Å². The summed E-state index contributed by atoms with van der Waals surface area (Å²) in [5, 5.41) is 0. The Bertz CT molecular complexity index is 73.3. The van der Waals surface area contributed by atoms with Crippen LogP contribution in [0.2, 0.25) is 0 Å². The molecule has 0 saturated carbocycles. The average Bonchev–Trinajstić information content (AvgIpc) is 2.53. The number of nitrogens with zero attached hydrogens (tertiary/aromatic N) is 1. The number of likely N-dealkylation sites (tertiary alicyclic amines) is 1. The summed E-state index contributed by atoms with van der Waals surface area (Å²) >= 11 is 0. The third-order valence-electron chi connectivity index (χ3n) is 2.24. The number of hydrogen-bond donors (Lipinski definition) is 0. The lowest BCUT2D eigenvalue weighted by molar-refractivity contribution is 0.286. The molecule has 1 saturated heterocycles. The second-order valence-corrected chi connectivity index (χ2v) is 3.26. The third-order valence-corrected chi connectivity index (χ3v) is 2.24. The van der Waals surface area contributed by atoms with Gasteiger partial charge in [0, 0.05) is 0 Å². The van der Waals surface area contributed by atoms with Gasteiger partial charge in [-0.1, -0.05) is 47.5 Å². The van der Waals surface area contributed by atoms with E-state index in [2.05, 4.69) is 11.8 Å². The predicted molar refractivity (Wildman–Crippen MR) is 67.9 cm³/mol. The zero-order valence-corrected chi connectivity index (χ0v) is 11.1. The Balaban J connectivity index is 0. The molecule has 0 N–H and O–H groups in total. The van der Waals surface area contributed by atoms with Crippen LogP contribution >= 0.6 is 0 Å². The maximum atomic E-state index is 2.60. The quantitative estimate of drug-likeness (QED) is 0.643. The van der Waals surface area contributed by atoms with Gasteiger partial charge in [0.25, 0.3) is 0 Å². The molecule has 0 radical (unpaired) electrons. The Kier molecular flexibility index (Phi) is 18.1. The van der Waals surface area contributed by atoms with Gasteiger partial charge in [0.2, 0.25) is 0 Å². The van der Waals surface area contributed by atoms with Gasteiger partial charge in [-0.2, -0.15) is 0 Å². The Morgan fingerprint density at radius 1 is 0.786 bits per heavy atom. The summed E-state index contributed by atoms with van der Waals surface area (Å²) in [6, 6.07) is 0. The van der Waals surface area contributed by atoms with Crippen LogP contribution in [0.4, 0.5) is 0 Å². The lowest BCUT2D eigenvalue weighted by Crippen LogP contribution is -2.25. The van der Waals surface area contributed by atoms with Crippen molar-refractivity contribution >= 4 is 0 Å². The first kappa shape index (κ1) is 16.4. The summed E-state index contributed by atoms with van der Waals surface area (Å²) in [7, 11) is 0. The second-order valence-electron chi connectivity index (χ2n) is 3.26. The SMILES string of the molecule is CC.CC.CCCN1CCCCCC1. The van der Waals surface area contributed by atoms with E-state index in [4.69, 9.17) is 0 Å². The smallest absolute Gasteiger partial charge is 0.00187 e. The predicted octanol–water partition coefficient (Wildman–Crippen LogP) is 4.32. The molecule has 88 valence electrons. The fourth-order valence-electron chi connectivity index (χ4n) is 1.68. The van der Waals surface area contributed by atoms with Crippen molar-refractivity contribution in [3.63, 3.8) is 0 Å². The first-order valence-corrected chi connectivity index (χ1v) is 6.66. The Morgan fingerprint density at radius 3 is 1.57 bits per heavy atom. The molecule has 0 aromatic heterocycles. The van der Waals surface area contributed by atoms with Gasteiger partial charge in [-0.05, 0) is 38.9 Å². The molecule has 0 atom stereocenters. The van der Waals surface area contributed by atoms with Crippen molar-refractivity contribution in [2.24, 2.45) is 0 Å². The van der Waals surface area contributed by atoms with E-state index in [1.807, 2.05) is 27.7 Å². The molecule has 0 aromatic rings. The fraction of sp³-hybridized carbons (Fsp3) is 1.00. The van der Waals surface area contributed by atoms with Gasteiger partial charge in [0.15, 0.2) is 0 Å². The highest BCUT2D eigenvalue weighted by Gasteiger charge is 2.06. The first-order chi connectivity index (χ1) is 6.93. The molecule has 0 aromatic carbocycles. The molecular formula is C13H31N. The molecule has 1 heteroatoms.